The Bertz CT molecular complexity index is 262. The summed E-state index contributed by atoms with van der Waals surface area (Å²) in [5.41, 5.74) is 1.53. The highest BCUT2D eigenvalue weighted by Crippen LogP contribution is 2.16. The Kier molecular flexibility index (Phi) is 2.80. The molecule has 1 aromatic rings. The molecule has 0 radical (unpaired) electrons. The smallest absolute Gasteiger partial charge is 0.224 e. The van der Waals surface area contributed by atoms with Gasteiger partial charge in [-0.1, -0.05) is 6.92 Å². The van der Waals surface area contributed by atoms with Crippen molar-refractivity contribution in [1.29, 1.82) is 0 Å². The van der Waals surface area contributed by atoms with Crippen molar-refractivity contribution in [3.05, 3.63) is 23.4 Å². The van der Waals surface area contributed by atoms with Crippen LogP contribution in [0.25, 0.3) is 0 Å². The van der Waals surface area contributed by atoms with E-state index in [4.69, 9.17) is 4.74 Å². The fourth-order valence-corrected chi connectivity index (χ4v) is 1.09. The predicted molar refractivity (Wildman–Crippen MR) is 45.6 cm³/mol. The predicted octanol–water partition coefficient (Wildman–Crippen LogP) is 1.47. The molecule has 0 fully saturated rings. The van der Waals surface area contributed by atoms with Gasteiger partial charge < -0.3 is 4.74 Å². The average molecular weight is 165 g/mol. The molecule has 0 atom stereocenters. The third kappa shape index (κ3) is 1.44. The molecular weight excluding hydrogens is 154 g/mol. The van der Waals surface area contributed by atoms with Gasteiger partial charge in [0, 0.05) is 6.20 Å². The van der Waals surface area contributed by atoms with Gasteiger partial charge in [-0.25, -0.2) is 4.98 Å². The summed E-state index contributed by atoms with van der Waals surface area (Å²) in [6, 6.07) is 1.83. The summed E-state index contributed by atoms with van der Waals surface area (Å²) in [4.78, 5) is 14.6. The number of ether oxygens (including phenoxy) is 1. The minimum atomic E-state index is 0.407. The molecule has 3 heteroatoms. The van der Waals surface area contributed by atoms with E-state index < -0.39 is 0 Å². The number of aryl methyl sites for hydroxylation is 1. The lowest BCUT2D eigenvalue weighted by atomic mass is 10.1. The quantitative estimate of drug-likeness (QED) is 0.636. The summed E-state index contributed by atoms with van der Waals surface area (Å²) < 4.78 is 4.94. The number of aromatic nitrogens is 1. The van der Waals surface area contributed by atoms with Crippen LogP contribution in [-0.2, 0) is 6.42 Å². The third-order valence-electron chi connectivity index (χ3n) is 1.74. The van der Waals surface area contributed by atoms with E-state index in [0.717, 1.165) is 18.3 Å². The lowest BCUT2D eigenvalue weighted by Crippen LogP contribution is -1.98. The highest BCUT2D eigenvalue weighted by molar-refractivity contribution is 5.80. The zero-order valence-electron chi connectivity index (χ0n) is 7.20. The second-order valence-electron chi connectivity index (χ2n) is 2.36. The van der Waals surface area contributed by atoms with Gasteiger partial charge in [0.1, 0.15) is 0 Å². The maximum Gasteiger partial charge on any atom is 0.224 e. The molecule has 64 valence electrons. The van der Waals surface area contributed by atoms with Crippen molar-refractivity contribution in [3.63, 3.8) is 0 Å². The van der Waals surface area contributed by atoms with Gasteiger partial charge in [0.25, 0.3) is 0 Å². The largest absolute Gasteiger partial charge is 0.480 e. The Morgan fingerprint density at radius 2 is 2.42 bits per heavy atom. The Hall–Kier alpha value is -1.38. The minimum Gasteiger partial charge on any atom is -0.480 e. The summed E-state index contributed by atoms with van der Waals surface area (Å²) in [5.74, 6) is 0.407. The second-order valence-corrected chi connectivity index (χ2v) is 2.36. The zero-order valence-corrected chi connectivity index (χ0v) is 7.20. The van der Waals surface area contributed by atoms with Crippen LogP contribution in [0.5, 0.6) is 5.88 Å². The van der Waals surface area contributed by atoms with E-state index in [1.165, 1.54) is 7.11 Å². The molecule has 0 aromatic carbocycles. The van der Waals surface area contributed by atoms with Crippen LogP contribution in [0.1, 0.15) is 22.8 Å². The molecule has 0 saturated carbocycles. The van der Waals surface area contributed by atoms with Crippen molar-refractivity contribution in [2.24, 2.45) is 0 Å². The number of hydrogen-bond donors (Lipinski definition) is 0. The molecule has 0 aliphatic rings. The van der Waals surface area contributed by atoms with Crippen LogP contribution < -0.4 is 4.74 Å². The molecule has 0 bridgehead atoms. The van der Waals surface area contributed by atoms with Gasteiger partial charge in [0.05, 0.1) is 12.7 Å². The lowest BCUT2D eigenvalue weighted by Gasteiger charge is -2.05. The van der Waals surface area contributed by atoms with Gasteiger partial charge in [0.2, 0.25) is 5.88 Å². The number of aldehydes is 1. The monoisotopic (exact) mass is 165 g/mol. The van der Waals surface area contributed by atoms with E-state index in [2.05, 4.69) is 4.98 Å². The molecule has 0 aliphatic carbocycles. The standard InChI is InChI=1S/C9H11NO2/c1-3-7-4-5-10-9(12-2)8(7)6-11/h4-6H,3H2,1-2H3. The first-order chi connectivity index (χ1) is 5.83. The van der Waals surface area contributed by atoms with Crippen LogP contribution in [-0.4, -0.2) is 18.4 Å². The summed E-state index contributed by atoms with van der Waals surface area (Å²) in [5, 5.41) is 0. The van der Waals surface area contributed by atoms with Crippen molar-refractivity contribution in [1.82, 2.24) is 4.98 Å². The van der Waals surface area contributed by atoms with E-state index >= 15 is 0 Å². The van der Waals surface area contributed by atoms with E-state index in [9.17, 15) is 4.79 Å². The first kappa shape index (κ1) is 8.71. The maximum absolute atomic E-state index is 10.6. The van der Waals surface area contributed by atoms with E-state index in [-0.39, 0.29) is 0 Å². The molecule has 0 aliphatic heterocycles. The van der Waals surface area contributed by atoms with Crippen LogP contribution in [0.2, 0.25) is 0 Å². The molecular formula is C9H11NO2. The Balaban J connectivity index is 3.21. The second kappa shape index (κ2) is 3.85. The Morgan fingerprint density at radius 1 is 1.67 bits per heavy atom. The number of carbonyl (C=O) groups excluding carboxylic acids is 1. The fourth-order valence-electron chi connectivity index (χ4n) is 1.09. The van der Waals surface area contributed by atoms with Crippen LogP contribution >= 0.6 is 0 Å². The third-order valence-corrected chi connectivity index (χ3v) is 1.74. The van der Waals surface area contributed by atoms with Gasteiger partial charge in [0.15, 0.2) is 6.29 Å². The first-order valence-corrected chi connectivity index (χ1v) is 3.80. The Labute approximate surface area is 71.4 Å². The van der Waals surface area contributed by atoms with Crippen LogP contribution in [0.4, 0.5) is 0 Å². The van der Waals surface area contributed by atoms with Gasteiger partial charge in [-0.3, -0.25) is 4.79 Å². The highest BCUT2D eigenvalue weighted by Gasteiger charge is 2.06. The molecule has 3 nitrogen and oxygen atoms in total. The van der Waals surface area contributed by atoms with Crippen molar-refractivity contribution in [3.8, 4) is 5.88 Å². The SMILES string of the molecule is CCc1ccnc(OC)c1C=O. The topological polar surface area (TPSA) is 39.2 Å². The summed E-state index contributed by atoms with van der Waals surface area (Å²) in [7, 11) is 1.51. The van der Waals surface area contributed by atoms with E-state index in [1.54, 1.807) is 6.20 Å². The molecule has 0 saturated heterocycles. The van der Waals surface area contributed by atoms with Gasteiger partial charge in [-0.05, 0) is 18.1 Å². The molecule has 0 unspecified atom stereocenters. The molecule has 1 rings (SSSR count). The number of carbonyl (C=O) groups is 1. The summed E-state index contributed by atoms with van der Waals surface area (Å²) in [6.07, 6.45) is 3.24. The van der Waals surface area contributed by atoms with Crippen molar-refractivity contribution in [2.75, 3.05) is 7.11 Å². The maximum atomic E-state index is 10.6. The van der Waals surface area contributed by atoms with Crippen molar-refractivity contribution in [2.45, 2.75) is 13.3 Å². The summed E-state index contributed by atoms with van der Waals surface area (Å²) in [6.45, 7) is 1.99. The number of methoxy groups -OCH3 is 1. The summed E-state index contributed by atoms with van der Waals surface area (Å²) >= 11 is 0. The molecule has 1 heterocycles. The van der Waals surface area contributed by atoms with E-state index in [0.29, 0.717) is 11.4 Å². The zero-order chi connectivity index (χ0) is 8.97. The number of nitrogens with zero attached hydrogens (tertiary/aromatic N) is 1. The van der Waals surface area contributed by atoms with E-state index in [1.807, 2.05) is 13.0 Å². The number of hydrogen-bond acceptors (Lipinski definition) is 3. The van der Waals surface area contributed by atoms with Crippen LogP contribution in [0.15, 0.2) is 12.3 Å². The molecule has 12 heavy (non-hydrogen) atoms. The molecule has 0 N–H and O–H groups in total. The van der Waals surface area contributed by atoms with Crippen LogP contribution in [0, 0.1) is 0 Å². The van der Waals surface area contributed by atoms with Crippen molar-refractivity contribution < 1.29 is 9.53 Å². The number of pyridine rings is 1. The first-order valence-electron chi connectivity index (χ1n) is 3.80. The lowest BCUT2D eigenvalue weighted by molar-refractivity contribution is 0.111. The average Bonchev–Trinajstić information content (AvgIpc) is 2.16. The minimum absolute atomic E-state index is 0.407. The number of rotatable bonds is 3. The fraction of sp³-hybridized carbons (Fsp3) is 0.333. The van der Waals surface area contributed by atoms with Crippen LogP contribution in [0.3, 0.4) is 0 Å². The van der Waals surface area contributed by atoms with Gasteiger partial charge in [-0.15, -0.1) is 0 Å². The molecule has 0 spiro atoms. The highest BCUT2D eigenvalue weighted by atomic mass is 16.5. The molecule has 0 amide bonds. The van der Waals surface area contributed by atoms with Crippen molar-refractivity contribution >= 4 is 6.29 Å². The van der Waals surface area contributed by atoms with Gasteiger partial charge in [-0.2, -0.15) is 0 Å². The molecule has 1 aromatic heterocycles. The Morgan fingerprint density at radius 3 is 2.92 bits per heavy atom. The van der Waals surface area contributed by atoms with Gasteiger partial charge >= 0.3 is 0 Å². The normalized spacial score (nSPS) is 9.50.